The Morgan fingerprint density at radius 1 is 1.29 bits per heavy atom. The summed E-state index contributed by atoms with van der Waals surface area (Å²) < 4.78 is 7.58. The average Bonchev–Trinajstić information content (AvgIpc) is 3.50. The van der Waals surface area contributed by atoms with Crippen molar-refractivity contribution >= 4 is 11.6 Å². The second-order valence-electron chi connectivity index (χ2n) is 7.77. The summed E-state index contributed by atoms with van der Waals surface area (Å²) in [5, 5.41) is 30.6. The highest BCUT2D eigenvalue weighted by Crippen LogP contribution is 2.35. The molecular formula is C23H21N7O4. The van der Waals surface area contributed by atoms with E-state index in [0.717, 1.165) is 5.69 Å². The van der Waals surface area contributed by atoms with Crippen molar-refractivity contribution in [2.75, 3.05) is 5.32 Å². The third-order valence-electron chi connectivity index (χ3n) is 5.51. The minimum atomic E-state index is -0.796. The predicted molar refractivity (Wildman–Crippen MR) is 120 cm³/mol. The molecule has 0 saturated heterocycles. The first-order valence-corrected chi connectivity index (χ1v) is 10.3. The Balaban J connectivity index is 1.85. The van der Waals surface area contributed by atoms with Gasteiger partial charge in [-0.2, -0.15) is 10.4 Å². The summed E-state index contributed by atoms with van der Waals surface area (Å²) in [6.07, 6.45) is 4.26. The van der Waals surface area contributed by atoms with Crippen LogP contribution in [0.1, 0.15) is 52.0 Å². The van der Waals surface area contributed by atoms with Gasteiger partial charge in [-0.05, 0) is 24.6 Å². The van der Waals surface area contributed by atoms with Gasteiger partial charge in [0.15, 0.2) is 5.69 Å². The van der Waals surface area contributed by atoms with Crippen molar-refractivity contribution in [1.29, 1.82) is 5.26 Å². The summed E-state index contributed by atoms with van der Waals surface area (Å²) in [7, 11) is 1.46. The van der Waals surface area contributed by atoms with Crippen LogP contribution >= 0.6 is 0 Å². The number of rotatable bonds is 6. The van der Waals surface area contributed by atoms with Crippen molar-refractivity contribution in [2.24, 2.45) is 7.05 Å². The number of benzene rings is 1. The van der Waals surface area contributed by atoms with E-state index >= 15 is 0 Å². The molecule has 4 aromatic rings. The summed E-state index contributed by atoms with van der Waals surface area (Å²) in [5.41, 5.74) is 0.925. The van der Waals surface area contributed by atoms with E-state index in [-0.39, 0.29) is 11.5 Å². The first kappa shape index (κ1) is 22.5. The molecule has 1 amide bonds. The van der Waals surface area contributed by atoms with E-state index in [2.05, 4.69) is 26.6 Å². The molecule has 2 N–H and O–H groups in total. The number of aromatic hydroxyl groups is 1. The molecule has 0 aliphatic rings. The molecule has 0 aliphatic heterocycles. The molecule has 11 nitrogen and oxygen atoms in total. The molecule has 3 aromatic heterocycles. The van der Waals surface area contributed by atoms with Gasteiger partial charge in [-0.25, -0.2) is 4.98 Å². The Labute approximate surface area is 193 Å². The van der Waals surface area contributed by atoms with Gasteiger partial charge in [-0.1, -0.05) is 30.3 Å². The standard InChI is InChI=1S/C23H21N7O4/c1-13-8-9-30(28-13)19(17-7-5-4-6-15(17)10-24)14(2)21-27-18(20(31)23(33)29(21)3)22(32)26-16-11-25-34-12-16/h4-9,11-12,14,19,31H,1-3H3,(H,26,32)/t14-,19+/m1/s1. The van der Waals surface area contributed by atoms with Crippen molar-refractivity contribution in [3.8, 4) is 11.8 Å². The van der Waals surface area contributed by atoms with Gasteiger partial charge in [-0.15, -0.1) is 0 Å². The van der Waals surface area contributed by atoms with E-state index in [0.29, 0.717) is 11.1 Å². The van der Waals surface area contributed by atoms with Gasteiger partial charge >= 0.3 is 0 Å². The maximum atomic E-state index is 12.8. The van der Waals surface area contributed by atoms with E-state index in [1.54, 1.807) is 23.0 Å². The highest BCUT2D eigenvalue weighted by atomic mass is 16.5. The van der Waals surface area contributed by atoms with Gasteiger partial charge in [0.2, 0.25) is 5.75 Å². The molecule has 0 fully saturated rings. The molecule has 11 heteroatoms. The minimum Gasteiger partial charge on any atom is -0.501 e. The zero-order chi connectivity index (χ0) is 24.4. The normalized spacial score (nSPS) is 12.6. The van der Waals surface area contributed by atoms with Crippen molar-refractivity contribution < 1.29 is 14.4 Å². The molecule has 3 heterocycles. The maximum Gasteiger partial charge on any atom is 0.296 e. The van der Waals surface area contributed by atoms with Crippen LogP contribution < -0.4 is 10.9 Å². The van der Waals surface area contributed by atoms with Gasteiger partial charge < -0.3 is 14.9 Å². The Hall–Kier alpha value is -4.72. The van der Waals surface area contributed by atoms with Gasteiger partial charge in [-0.3, -0.25) is 18.8 Å². The van der Waals surface area contributed by atoms with E-state index in [1.807, 2.05) is 32.0 Å². The largest absolute Gasteiger partial charge is 0.501 e. The third-order valence-corrected chi connectivity index (χ3v) is 5.51. The molecule has 0 spiro atoms. The van der Waals surface area contributed by atoms with Crippen molar-refractivity contribution in [3.05, 3.63) is 87.7 Å². The summed E-state index contributed by atoms with van der Waals surface area (Å²) in [6.45, 7) is 3.66. The van der Waals surface area contributed by atoms with Crippen molar-refractivity contribution in [3.63, 3.8) is 0 Å². The molecule has 0 unspecified atom stereocenters. The highest BCUT2D eigenvalue weighted by Gasteiger charge is 2.31. The Kier molecular flexibility index (Phi) is 5.97. The molecule has 0 saturated carbocycles. The number of aromatic nitrogens is 5. The number of hydrogen-bond acceptors (Lipinski definition) is 8. The predicted octanol–water partition coefficient (Wildman–Crippen LogP) is 2.50. The fraction of sp³-hybridized carbons (Fsp3) is 0.217. The van der Waals surface area contributed by atoms with Crippen LogP contribution in [0.25, 0.3) is 0 Å². The first-order valence-electron chi connectivity index (χ1n) is 10.3. The fourth-order valence-corrected chi connectivity index (χ4v) is 3.86. The van der Waals surface area contributed by atoms with E-state index in [1.165, 1.54) is 24.1 Å². The Bertz CT molecular complexity index is 1450. The molecule has 34 heavy (non-hydrogen) atoms. The average molecular weight is 459 g/mol. The second-order valence-corrected chi connectivity index (χ2v) is 7.77. The lowest BCUT2D eigenvalue weighted by atomic mass is 9.90. The zero-order valence-corrected chi connectivity index (χ0v) is 18.6. The summed E-state index contributed by atoms with van der Waals surface area (Å²) in [5.74, 6) is -1.88. The molecule has 4 rings (SSSR count). The van der Waals surface area contributed by atoms with Crippen LogP contribution in [0, 0.1) is 18.3 Å². The van der Waals surface area contributed by atoms with E-state index < -0.39 is 34.9 Å². The third kappa shape index (κ3) is 4.04. The first-order chi connectivity index (χ1) is 16.3. The number of nitriles is 1. The van der Waals surface area contributed by atoms with Crippen LogP contribution in [0.5, 0.6) is 5.75 Å². The molecule has 2 atom stereocenters. The lowest BCUT2D eigenvalue weighted by molar-refractivity contribution is 0.101. The lowest BCUT2D eigenvalue weighted by Gasteiger charge is -2.27. The summed E-state index contributed by atoms with van der Waals surface area (Å²) in [6, 6.07) is 10.6. The van der Waals surface area contributed by atoms with Crippen molar-refractivity contribution in [2.45, 2.75) is 25.8 Å². The van der Waals surface area contributed by atoms with Crippen LogP contribution in [0.4, 0.5) is 5.69 Å². The van der Waals surface area contributed by atoms with Crippen LogP contribution in [0.2, 0.25) is 0 Å². The number of anilines is 1. The van der Waals surface area contributed by atoms with Gasteiger partial charge in [0.1, 0.15) is 17.8 Å². The SMILES string of the molecule is Cc1ccn([C@H](c2ccccc2C#N)[C@@H](C)c2nc(C(=O)Nc3cnoc3)c(O)c(=O)n2C)n1. The van der Waals surface area contributed by atoms with Crippen LogP contribution in [0.15, 0.2) is 58.3 Å². The Morgan fingerprint density at radius 3 is 2.71 bits per heavy atom. The minimum absolute atomic E-state index is 0.226. The number of carbonyl (C=O) groups excluding carboxylic acids is 1. The second kappa shape index (κ2) is 9.03. The smallest absolute Gasteiger partial charge is 0.296 e. The number of carbonyl (C=O) groups is 1. The molecule has 0 bridgehead atoms. The number of nitrogens with zero attached hydrogens (tertiary/aromatic N) is 6. The van der Waals surface area contributed by atoms with Gasteiger partial charge in [0.05, 0.1) is 29.6 Å². The lowest BCUT2D eigenvalue weighted by Crippen LogP contribution is -2.31. The van der Waals surface area contributed by atoms with Crippen LogP contribution in [0.3, 0.4) is 0 Å². The van der Waals surface area contributed by atoms with Crippen LogP contribution in [-0.4, -0.2) is 35.5 Å². The number of nitrogens with one attached hydrogen (secondary N) is 1. The molecule has 0 radical (unpaired) electrons. The van der Waals surface area contributed by atoms with Gasteiger partial charge in [0.25, 0.3) is 11.5 Å². The quantitative estimate of drug-likeness (QED) is 0.446. The molecular weight excluding hydrogens is 438 g/mol. The summed E-state index contributed by atoms with van der Waals surface area (Å²) in [4.78, 5) is 30.0. The molecule has 0 aliphatic carbocycles. The summed E-state index contributed by atoms with van der Waals surface area (Å²) >= 11 is 0. The van der Waals surface area contributed by atoms with Crippen LogP contribution in [-0.2, 0) is 7.05 Å². The fourth-order valence-electron chi connectivity index (χ4n) is 3.86. The number of amides is 1. The monoisotopic (exact) mass is 459 g/mol. The number of aryl methyl sites for hydroxylation is 1. The highest BCUT2D eigenvalue weighted by molar-refractivity contribution is 6.04. The maximum absolute atomic E-state index is 12.8. The van der Waals surface area contributed by atoms with E-state index in [4.69, 9.17) is 4.52 Å². The zero-order valence-electron chi connectivity index (χ0n) is 18.6. The topological polar surface area (TPSA) is 152 Å². The molecule has 172 valence electrons. The number of hydrogen-bond donors (Lipinski definition) is 2. The Morgan fingerprint density at radius 2 is 2.06 bits per heavy atom. The van der Waals surface area contributed by atoms with Gasteiger partial charge in [0, 0.05) is 19.2 Å². The van der Waals surface area contributed by atoms with E-state index in [9.17, 15) is 20.0 Å². The molecule has 1 aromatic carbocycles. The van der Waals surface area contributed by atoms with Crippen molar-refractivity contribution in [1.82, 2.24) is 24.5 Å².